The van der Waals surface area contributed by atoms with Crippen LogP contribution in [0.15, 0.2) is 47.1 Å². The summed E-state index contributed by atoms with van der Waals surface area (Å²) in [5.74, 6) is 0.404. The van der Waals surface area contributed by atoms with Crippen molar-refractivity contribution >= 4 is 35.0 Å². The zero-order valence-corrected chi connectivity index (χ0v) is 19.2. The first kappa shape index (κ1) is 22.4. The molecule has 9 heteroatoms. The number of amides is 2. The number of hydrogen-bond donors (Lipinski definition) is 1. The number of hydrogen-bond acceptors (Lipinski definition) is 4. The molecule has 7 nitrogen and oxygen atoms in total. The Morgan fingerprint density at radius 3 is 2.59 bits per heavy atom. The molecule has 0 unspecified atom stereocenters. The summed E-state index contributed by atoms with van der Waals surface area (Å²) in [5.41, 5.74) is 1.85. The van der Waals surface area contributed by atoms with E-state index in [0.29, 0.717) is 66.2 Å². The Kier molecular flexibility index (Phi) is 6.86. The molecule has 1 fully saturated rings. The van der Waals surface area contributed by atoms with Gasteiger partial charge in [-0.1, -0.05) is 41.4 Å². The molecule has 1 aliphatic rings. The van der Waals surface area contributed by atoms with Crippen LogP contribution in [0.2, 0.25) is 10.2 Å². The van der Waals surface area contributed by atoms with E-state index in [2.05, 4.69) is 10.4 Å². The minimum atomic E-state index is -0.160. The van der Waals surface area contributed by atoms with Crippen molar-refractivity contribution in [1.82, 2.24) is 20.0 Å². The van der Waals surface area contributed by atoms with Crippen LogP contribution in [0.1, 0.15) is 40.2 Å². The van der Waals surface area contributed by atoms with E-state index in [4.69, 9.17) is 27.6 Å². The second-order valence-corrected chi connectivity index (χ2v) is 8.63. The van der Waals surface area contributed by atoms with Crippen LogP contribution in [-0.2, 0) is 17.9 Å². The summed E-state index contributed by atoms with van der Waals surface area (Å²) >= 11 is 12.8. The fraction of sp³-hybridized carbons (Fsp3) is 0.348. The van der Waals surface area contributed by atoms with Crippen molar-refractivity contribution in [3.63, 3.8) is 0 Å². The lowest BCUT2D eigenvalue weighted by molar-refractivity contribution is -0.126. The minimum Gasteiger partial charge on any atom is -0.467 e. The lowest BCUT2D eigenvalue weighted by Crippen LogP contribution is -2.43. The molecule has 2 amide bonds. The summed E-state index contributed by atoms with van der Waals surface area (Å²) in [6, 6.07) is 11.1. The fourth-order valence-corrected chi connectivity index (χ4v) is 4.43. The number of benzene rings is 1. The lowest BCUT2D eigenvalue weighted by atomic mass is 9.95. The average Bonchev–Trinajstić information content (AvgIpc) is 3.41. The molecule has 0 atom stereocenters. The zero-order chi connectivity index (χ0) is 22.7. The Labute approximate surface area is 196 Å². The van der Waals surface area contributed by atoms with Crippen LogP contribution in [0.3, 0.4) is 0 Å². The molecular formula is C23H24Cl2N4O3. The third kappa shape index (κ3) is 4.84. The summed E-state index contributed by atoms with van der Waals surface area (Å²) in [7, 11) is 0. The van der Waals surface area contributed by atoms with Crippen molar-refractivity contribution in [3.8, 4) is 0 Å². The highest BCUT2D eigenvalue weighted by atomic mass is 35.5. The smallest absolute Gasteiger partial charge is 0.258 e. The summed E-state index contributed by atoms with van der Waals surface area (Å²) in [6.07, 6.45) is 2.77. The SMILES string of the molecule is Cc1nn(Cc2ccccc2Cl)c(Cl)c1C(=O)N1CCC(C(=O)NCc2ccco2)CC1. The highest BCUT2D eigenvalue weighted by Gasteiger charge is 2.31. The Bertz CT molecular complexity index is 1100. The molecule has 1 N–H and O–H groups in total. The molecule has 0 bridgehead atoms. The van der Waals surface area contributed by atoms with Crippen LogP contribution in [0.4, 0.5) is 0 Å². The number of aromatic nitrogens is 2. The largest absolute Gasteiger partial charge is 0.467 e. The molecule has 32 heavy (non-hydrogen) atoms. The summed E-state index contributed by atoms with van der Waals surface area (Å²) in [5, 5.41) is 8.28. The topological polar surface area (TPSA) is 80.4 Å². The van der Waals surface area contributed by atoms with Gasteiger partial charge in [0.05, 0.1) is 30.6 Å². The van der Waals surface area contributed by atoms with Gasteiger partial charge in [-0.2, -0.15) is 5.10 Å². The van der Waals surface area contributed by atoms with Crippen LogP contribution in [-0.4, -0.2) is 39.6 Å². The Morgan fingerprint density at radius 2 is 1.91 bits per heavy atom. The number of halogens is 2. The van der Waals surface area contributed by atoms with Crippen molar-refractivity contribution in [2.75, 3.05) is 13.1 Å². The molecular weight excluding hydrogens is 451 g/mol. The maximum absolute atomic E-state index is 13.2. The highest BCUT2D eigenvalue weighted by molar-refractivity contribution is 6.33. The molecule has 1 aliphatic heterocycles. The predicted octanol–water partition coefficient (Wildman–Crippen LogP) is 4.31. The molecule has 1 aromatic carbocycles. The average molecular weight is 475 g/mol. The quantitative estimate of drug-likeness (QED) is 0.576. The van der Waals surface area contributed by atoms with E-state index in [9.17, 15) is 9.59 Å². The number of rotatable bonds is 6. The molecule has 3 aromatic rings. The van der Waals surface area contributed by atoms with Crippen molar-refractivity contribution in [2.24, 2.45) is 5.92 Å². The van der Waals surface area contributed by atoms with Gasteiger partial charge in [0.25, 0.3) is 5.91 Å². The van der Waals surface area contributed by atoms with E-state index >= 15 is 0 Å². The van der Waals surface area contributed by atoms with Crippen molar-refractivity contribution < 1.29 is 14.0 Å². The maximum atomic E-state index is 13.2. The van der Waals surface area contributed by atoms with Gasteiger partial charge < -0.3 is 14.6 Å². The number of nitrogens with zero attached hydrogens (tertiary/aromatic N) is 3. The van der Waals surface area contributed by atoms with E-state index in [1.807, 2.05) is 30.3 Å². The van der Waals surface area contributed by atoms with E-state index in [-0.39, 0.29) is 17.7 Å². The molecule has 0 aliphatic carbocycles. The molecule has 0 saturated carbocycles. The van der Waals surface area contributed by atoms with Crippen molar-refractivity contribution in [2.45, 2.75) is 32.9 Å². The van der Waals surface area contributed by atoms with Crippen LogP contribution in [0.5, 0.6) is 0 Å². The Morgan fingerprint density at radius 1 is 1.16 bits per heavy atom. The number of carbonyl (C=O) groups excluding carboxylic acids is 2. The summed E-state index contributed by atoms with van der Waals surface area (Å²) in [6.45, 7) is 3.50. The van der Waals surface area contributed by atoms with Gasteiger partial charge >= 0.3 is 0 Å². The monoisotopic (exact) mass is 474 g/mol. The van der Waals surface area contributed by atoms with Gasteiger partial charge in [-0.25, -0.2) is 4.68 Å². The third-order valence-corrected chi connectivity index (χ3v) is 6.48. The lowest BCUT2D eigenvalue weighted by Gasteiger charge is -2.31. The molecule has 3 heterocycles. The van der Waals surface area contributed by atoms with E-state index in [1.165, 1.54) is 0 Å². The minimum absolute atomic E-state index is 0.0183. The van der Waals surface area contributed by atoms with Crippen LogP contribution >= 0.6 is 23.2 Å². The number of likely N-dealkylation sites (tertiary alicyclic amines) is 1. The van der Waals surface area contributed by atoms with E-state index in [0.717, 1.165) is 5.56 Å². The summed E-state index contributed by atoms with van der Waals surface area (Å²) < 4.78 is 6.84. The second-order valence-electron chi connectivity index (χ2n) is 7.86. The highest BCUT2D eigenvalue weighted by Crippen LogP contribution is 2.27. The first-order valence-electron chi connectivity index (χ1n) is 10.5. The third-order valence-electron chi connectivity index (χ3n) is 5.73. The van der Waals surface area contributed by atoms with Gasteiger partial charge in [0.15, 0.2) is 0 Å². The number of carbonyl (C=O) groups is 2. The standard InChI is InChI=1S/C23H24Cl2N4O3/c1-15-20(21(25)29(27-15)14-17-5-2-3-7-19(17)24)23(31)28-10-8-16(9-11-28)22(30)26-13-18-6-4-12-32-18/h2-7,12,16H,8-11,13-14H2,1H3,(H,26,30). The van der Waals surface area contributed by atoms with Gasteiger partial charge in [0, 0.05) is 24.0 Å². The molecule has 168 valence electrons. The molecule has 2 aromatic heterocycles. The van der Waals surface area contributed by atoms with Gasteiger partial charge in [-0.15, -0.1) is 0 Å². The van der Waals surface area contributed by atoms with Crippen LogP contribution in [0.25, 0.3) is 0 Å². The van der Waals surface area contributed by atoms with Gasteiger partial charge in [-0.05, 0) is 43.5 Å². The number of aryl methyl sites for hydroxylation is 1. The van der Waals surface area contributed by atoms with Crippen molar-refractivity contribution in [1.29, 1.82) is 0 Å². The molecule has 0 radical (unpaired) electrons. The van der Waals surface area contributed by atoms with Gasteiger partial charge in [0.2, 0.25) is 5.91 Å². The van der Waals surface area contributed by atoms with Gasteiger partial charge in [0.1, 0.15) is 10.9 Å². The van der Waals surface area contributed by atoms with Gasteiger partial charge in [-0.3, -0.25) is 9.59 Å². The maximum Gasteiger partial charge on any atom is 0.258 e. The Hall–Kier alpha value is -2.77. The van der Waals surface area contributed by atoms with E-state index in [1.54, 1.807) is 28.8 Å². The second kappa shape index (κ2) is 9.79. The number of furan rings is 1. The molecule has 0 spiro atoms. The number of piperidine rings is 1. The predicted molar refractivity (Wildman–Crippen MR) is 122 cm³/mol. The van der Waals surface area contributed by atoms with E-state index < -0.39 is 0 Å². The zero-order valence-electron chi connectivity index (χ0n) is 17.7. The normalized spacial score (nSPS) is 14.5. The molecule has 4 rings (SSSR count). The van der Waals surface area contributed by atoms with Crippen LogP contribution < -0.4 is 5.32 Å². The fourth-order valence-electron chi connectivity index (χ4n) is 3.92. The first-order chi connectivity index (χ1) is 15.4. The van der Waals surface area contributed by atoms with Crippen LogP contribution in [0, 0.1) is 12.8 Å². The first-order valence-corrected chi connectivity index (χ1v) is 11.2. The molecule has 1 saturated heterocycles. The Balaban J connectivity index is 1.37. The summed E-state index contributed by atoms with van der Waals surface area (Å²) in [4.78, 5) is 27.4. The van der Waals surface area contributed by atoms with Crippen molar-refractivity contribution in [3.05, 3.63) is 75.4 Å². The number of nitrogens with one attached hydrogen (secondary N) is 1.